The number of amides is 1. The third kappa shape index (κ3) is 49.3. The molecule has 0 saturated heterocycles. The minimum atomic E-state index is -1.29. The maximum atomic E-state index is 12.6. The van der Waals surface area contributed by atoms with Crippen LogP contribution in [-0.2, 0) is 4.79 Å². The summed E-state index contributed by atoms with van der Waals surface area (Å²) in [5.41, 5.74) is 0. The third-order valence-corrected chi connectivity index (χ3v) is 14.1. The second kappa shape index (κ2) is 55.5. The van der Waals surface area contributed by atoms with Gasteiger partial charge in [0, 0.05) is 0 Å². The Hall–Kier alpha value is -1.47. The highest BCUT2D eigenvalue weighted by Crippen LogP contribution is 2.18. The Labute approximate surface area is 417 Å². The van der Waals surface area contributed by atoms with Gasteiger partial charge in [-0.2, -0.15) is 0 Å². The van der Waals surface area contributed by atoms with Gasteiger partial charge in [-0.1, -0.05) is 281 Å². The number of carbonyl (C=O) groups excluding carboxylic acids is 1. The molecule has 5 N–H and O–H groups in total. The number of aliphatic hydroxyl groups is 4. The van der Waals surface area contributed by atoms with Crippen LogP contribution in [0.15, 0.2) is 36.5 Å². The minimum Gasteiger partial charge on any atom is -0.394 e. The molecule has 0 spiro atoms. The molecule has 4 unspecified atom stereocenters. The van der Waals surface area contributed by atoms with E-state index in [9.17, 15) is 25.2 Å². The maximum absolute atomic E-state index is 12.6. The first-order valence-corrected chi connectivity index (χ1v) is 29.9. The number of nitrogens with one attached hydrogen (secondary N) is 1. The van der Waals surface area contributed by atoms with Gasteiger partial charge < -0.3 is 25.7 Å². The Kier molecular flexibility index (Phi) is 54.2. The molecular weight excluding hydrogens is 827 g/mol. The summed E-state index contributed by atoms with van der Waals surface area (Å²) in [5, 5.41) is 44.0. The number of hydrogen-bond donors (Lipinski definition) is 5. The number of carbonyl (C=O) groups is 1. The molecular formula is C61H117NO5. The number of aliphatic hydroxyl groups excluding tert-OH is 4. The van der Waals surface area contributed by atoms with E-state index in [0.29, 0.717) is 12.8 Å². The van der Waals surface area contributed by atoms with Gasteiger partial charge in [-0.15, -0.1) is 0 Å². The van der Waals surface area contributed by atoms with Crippen LogP contribution in [0.4, 0.5) is 0 Å². The molecule has 0 rings (SSSR count). The molecule has 0 bridgehead atoms. The van der Waals surface area contributed by atoms with E-state index in [2.05, 4.69) is 55.6 Å². The lowest BCUT2D eigenvalue weighted by Gasteiger charge is -2.27. The van der Waals surface area contributed by atoms with E-state index in [1.807, 2.05) is 0 Å². The van der Waals surface area contributed by atoms with Crippen molar-refractivity contribution in [3.05, 3.63) is 36.5 Å². The highest BCUT2D eigenvalue weighted by molar-refractivity contribution is 5.80. The van der Waals surface area contributed by atoms with Gasteiger partial charge in [0.15, 0.2) is 0 Å². The molecule has 4 atom stereocenters. The fourth-order valence-electron chi connectivity index (χ4n) is 9.38. The van der Waals surface area contributed by atoms with Crippen molar-refractivity contribution in [3.8, 4) is 0 Å². The van der Waals surface area contributed by atoms with Crippen LogP contribution >= 0.6 is 0 Å². The first-order chi connectivity index (χ1) is 33.0. The molecule has 0 heterocycles. The van der Waals surface area contributed by atoms with Crippen LogP contribution < -0.4 is 5.32 Å². The first-order valence-electron chi connectivity index (χ1n) is 29.9. The summed E-state index contributed by atoms with van der Waals surface area (Å²) in [6.07, 6.45) is 69.4. The fraction of sp³-hybridized carbons (Fsp3) is 0.885. The SMILES string of the molecule is CCCCCCCCCCC/C=C\C/C=C\CCCCCCCCC(O)C(=O)NC(CO)C(O)C(O)CCC/C=C/CCCCCCCCCCCCCCCCCCCCCCCCCC. The summed E-state index contributed by atoms with van der Waals surface area (Å²) in [6.45, 7) is 4.07. The smallest absolute Gasteiger partial charge is 0.249 e. The fourth-order valence-corrected chi connectivity index (χ4v) is 9.38. The molecule has 0 aromatic rings. The van der Waals surface area contributed by atoms with Crippen molar-refractivity contribution in [1.29, 1.82) is 0 Å². The Morgan fingerprint density at radius 1 is 0.373 bits per heavy atom. The Morgan fingerprint density at radius 2 is 0.657 bits per heavy atom. The van der Waals surface area contributed by atoms with Gasteiger partial charge in [-0.3, -0.25) is 4.79 Å². The van der Waals surface area contributed by atoms with Crippen molar-refractivity contribution in [2.45, 2.75) is 340 Å². The van der Waals surface area contributed by atoms with Crippen molar-refractivity contribution in [3.63, 3.8) is 0 Å². The van der Waals surface area contributed by atoms with Gasteiger partial charge in [0.2, 0.25) is 5.91 Å². The summed E-state index contributed by atoms with van der Waals surface area (Å²) < 4.78 is 0. The van der Waals surface area contributed by atoms with Gasteiger partial charge in [-0.05, 0) is 70.6 Å². The van der Waals surface area contributed by atoms with Crippen LogP contribution in [0.2, 0.25) is 0 Å². The van der Waals surface area contributed by atoms with Crippen LogP contribution in [0, 0.1) is 0 Å². The number of hydrogen-bond acceptors (Lipinski definition) is 5. The van der Waals surface area contributed by atoms with Gasteiger partial charge >= 0.3 is 0 Å². The van der Waals surface area contributed by atoms with E-state index < -0.39 is 36.9 Å². The zero-order valence-electron chi connectivity index (χ0n) is 44.9. The molecule has 6 nitrogen and oxygen atoms in total. The molecule has 0 aromatic carbocycles. The van der Waals surface area contributed by atoms with Crippen LogP contribution in [-0.4, -0.2) is 57.3 Å². The Balaban J connectivity index is 3.65. The predicted octanol–water partition coefficient (Wildman–Crippen LogP) is 17.6. The van der Waals surface area contributed by atoms with Crippen molar-refractivity contribution < 1.29 is 25.2 Å². The molecule has 6 heteroatoms. The second-order valence-electron chi connectivity index (χ2n) is 20.7. The molecule has 0 aliphatic carbocycles. The van der Waals surface area contributed by atoms with E-state index in [-0.39, 0.29) is 0 Å². The molecule has 0 aliphatic heterocycles. The second-order valence-corrected chi connectivity index (χ2v) is 20.7. The van der Waals surface area contributed by atoms with Gasteiger partial charge in [0.05, 0.1) is 18.8 Å². The summed E-state index contributed by atoms with van der Waals surface area (Å²) in [7, 11) is 0. The highest BCUT2D eigenvalue weighted by Gasteiger charge is 2.28. The van der Waals surface area contributed by atoms with Crippen LogP contribution in [0.25, 0.3) is 0 Å². The maximum Gasteiger partial charge on any atom is 0.249 e. The summed E-state index contributed by atoms with van der Waals surface area (Å²) in [4.78, 5) is 12.6. The average Bonchev–Trinajstić information content (AvgIpc) is 3.33. The van der Waals surface area contributed by atoms with Crippen molar-refractivity contribution in [1.82, 2.24) is 5.32 Å². The normalized spacial score (nSPS) is 13.9. The molecule has 0 saturated carbocycles. The standard InChI is InChI=1S/C61H117NO5/c1-3-5-7-9-11-13-15-17-19-21-23-25-27-28-29-30-31-32-33-35-36-38-40-42-44-46-48-50-52-54-58(64)60(66)57(56-63)62-61(67)59(65)55-53-51-49-47-45-43-41-39-37-34-26-24-22-20-18-16-14-12-10-8-6-4-2/h24,26,37,39,46,48,57-60,63-66H,3-23,25,27-36,38,40-45,47,49-56H2,1-2H3,(H,62,67)/b26-24-,39-37-,48-46+. The molecule has 0 aliphatic rings. The highest BCUT2D eigenvalue weighted by atomic mass is 16.3. The average molecular weight is 945 g/mol. The van der Waals surface area contributed by atoms with Gasteiger partial charge in [-0.25, -0.2) is 0 Å². The van der Waals surface area contributed by atoms with Crippen LogP contribution in [0.1, 0.15) is 316 Å². The lowest BCUT2D eigenvalue weighted by molar-refractivity contribution is -0.132. The number of rotatable bonds is 55. The van der Waals surface area contributed by atoms with E-state index in [0.717, 1.165) is 57.8 Å². The monoisotopic (exact) mass is 944 g/mol. The van der Waals surface area contributed by atoms with E-state index in [1.165, 1.54) is 231 Å². The van der Waals surface area contributed by atoms with E-state index in [1.54, 1.807) is 0 Å². The van der Waals surface area contributed by atoms with Crippen LogP contribution in [0.5, 0.6) is 0 Å². The molecule has 0 fully saturated rings. The van der Waals surface area contributed by atoms with Crippen molar-refractivity contribution in [2.75, 3.05) is 6.61 Å². The Bertz CT molecular complexity index is 1060. The van der Waals surface area contributed by atoms with E-state index >= 15 is 0 Å². The number of allylic oxidation sites excluding steroid dienone is 6. The largest absolute Gasteiger partial charge is 0.394 e. The van der Waals surface area contributed by atoms with Gasteiger partial charge in [0.25, 0.3) is 0 Å². The molecule has 67 heavy (non-hydrogen) atoms. The summed E-state index contributed by atoms with van der Waals surface area (Å²) in [5.74, 6) is -0.598. The van der Waals surface area contributed by atoms with Crippen molar-refractivity contribution in [2.24, 2.45) is 0 Å². The van der Waals surface area contributed by atoms with Crippen LogP contribution in [0.3, 0.4) is 0 Å². The van der Waals surface area contributed by atoms with E-state index in [4.69, 9.17) is 0 Å². The lowest BCUT2D eigenvalue weighted by atomic mass is 10.00. The summed E-state index contributed by atoms with van der Waals surface area (Å²) >= 11 is 0. The molecule has 396 valence electrons. The number of unbranched alkanes of at least 4 members (excludes halogenated alkanes) is 40. The predicted molar refractivity (Wildman–Crippen MR) is 293 cm³/mol. The van der Waals surface area contributed by atoms with Crippen molar-refractivity contribution >= 4 is 5.91 Å². The quantitative estimate of drug-likeness (QED) is 0.0308. The third-order valence-electron chi connectivity index (χ3n) is 14.1. The zero-order valence-corrected chi connectivity index (χ0v) is 44.9. The molecule has 0 aromatic heterocycles. The topological polar surface area (TPSA) is 110 Å². The zero-order chi connectivity index (χ0) is 48.8. The molecule has 1 amide bonds. The Morgan fingerprint density at radius 3 is 0.985 bits per heavy atom. The summed E-state index contributed by atoms with van der Waals surface area (Å²) in [6, 6.07) is -1.01. The minimum absolute atomic E-state index is 0.351. The molecule has 0 radical (unpaired) electrons. The first kappa shape index (κ1) is 65.5. The lowest BCUT2D eigenvalue weighted by Crippen LogP contribution is -2.53. The van der Waals surface area contributed by atoms with Gasteiger partial charge in [0.1, 0.15) is 12.2 Å².